The first-order valence-corrected chi connectivity index (χ1v) is 34.6. The summed E-state index contributed by atoms with van der Waals surface area (Å²) in [5.41, 5.74) is 12.3. The average Bonchev–Trinajstić information content (AvgIpc) is 1.63. The number of rotatable bonds is 22. The van der Waals surface area contributed by atoms with Crippen LogP contribution in [0.25, 0.3) is 130 Å². The van der Waals surface area contributed by atoms with Crippen molar-refractivity contribution in [2.24, 2.45) is 7.05 Å². The summed E-state index contributed by atoms with van der Waals surface area (Å²) in [5.74, 6) is 5.66. The van der Waals surface area contributed by atoms with E-state index in [2.05, 4.69) is 133 Å². The Bertz CT molecular complexity index is 5140. The van der Waals surface area contributed by atoms with Gasteiger partial charge in [0.25, 0.3) is 0 Å². The number of aryl methyl sites for hydroxylation is 2. The van der Waals surface area contributed by atoms with Crippen LogP contribution in [0.4, 0.5) is 17.5 Å². The fourth-order valence-electron chi connectivity index (χ4n) is 11.3. The standard InChI is InChI=1S/C27H24N4OS.C26H25N5O2S.C25H21N5OS/c1-18-10-9-15-21(29-18)25-30-26(28-16-17-32-2)23-22(19-11-5-3-6-12-19)24(33-27(23)31-25)20-13-7-4-8-14-20;1-31-15-13-28-25(31)24-29-23(27-14-16-32-2)21-20(17-7-5-4-6-8-17)22(34-26(21)30-24)18-9-11-19(33-3)12-10-18;1-31-16-15-28-24-21-20(18-11-5-7-13-26-18)22(17-9-3-2-4-10-17)32-25(21)30-23(29-24)19-12-6-8-14-27-19/h3-15H,16-17H2,1-2H3,(H,28,30,31);4-13,15H,14,16H2,1-3H3,(H,27,29,30);2-14H,15-16H2,1H3,(H,28,29,30). The molecule has 0 bridgehead atoms. The quantitative estimate of drug-likeness (QED) is 0.0539. The molecule has 0 aliphatic rings. The van der Waals surface area contributed by atoms with E-state index in [0.29, 0.717) is 56.9 Å². The van der Waals surface area contributed by atoms with Crippen molar-refractivity contribution in [2.45, 2.75) is 6.92 Å². The fraction of sp³-hybridized carbons (Fsp3) is 0.154. The lowest BCUT2D eigenvalue weighted by Gasteiger charge is -2.11. The van der Waals surface area contributed by atoms with Gasteiger partial charge in [-0.25, -0.2) is 39.9 Å². The number of hydrogen-bond acceptors (Lipinski definition) is 20. The summed E-state index contributed by atoms with van der Waals surface area (Å²) < 4.78 is 23.1. The molecule has 99 heavy (non-hydrogen) atoms. The Hall–Kier alpha value is -11.0. The minimum atomic E-state index is 0.568. The molecule has 5 aromatic carbocycles. The first-order chi connectivity index (χ1) is 48.8. The number of anilines is 3. The lowest BCUT2D eigenvalue weighted by molar-refractivity contribution is 0.210. The third-order valence-corrected chi connectivity index (χ3v) is 19.4. The molecule has 0 saturated heterocycles. The molecule has 0 amide bonds. The van der Waals surface area contributed by atoms with Crippen LogP contribution in [0.3, 0.4) is 0 Å². The second-order valence-electron chi connectivity index (χ2n) is 22.6. The molecule has 15 rings (SSSR count). The molecule has 3 N–H and O–H groups in total. The van der Waals surface area contributed by atoms with Crippen LogP contribution in [0.1, 0.15) is 5.69 Å². The van der Waals surface area contributed by atoms with Crippen molar-refractivity contribution >= 4 is 82.1 Å². The van der Waals surface area contributed by atoms with E-state index in [-0.39, 0.29) is 0 Å². The number of imidazole rings is 1. The van der Waals surface area contributed by atoms with Crippen molar-refractivity contribution in [1.82, 2.24) is 54.4 Å². The molecule has 21 heteroatoms. The zero-order valence-corrected chi connectivity index (χ0v) is 57.8. The number of thiophene rings is 3. The molecule has 494 valence electrons. The normalized spacial score (nSPS) is 11.1. The molecule has 0 unspecified atom stereocenters. The van der Waals surface area contributed by atoms with Crippen LogP contribution >= 0.6 is 34.0 Å². The number of aromatic nitrogens is 11. The van der Waals surface area contributed by atoms with Crippen LogP contribution in [0.5, 0.6) is 5.75 Å². The predicted octanol–water partition coefficient (Wildman–Crippen LogP) is 17.5. The predicted molar refractivity (Wildman–Crippen MR) is 404 cm³/mol. The van der Waals surface area contributed by atoms with Gasteiger partial charge in [0, 0.05) is 110 Å². The van der Waals surface area contributed by atoms with Crippen LogP contribution in [0, 0.1) is 6.92 Å². The van der Waals surface area contributed by atoms with E-state index in [1.165, 1.54) is 4.88 Å². The molecule has 0 aliphatic heterocycles. The summed E-state index contributed by atoms with van der Waals surface area (Å²) in [4.78, 5) is 54.0. The van der Waals surface area contributed by atoms with Gasteiger partial charge >= 0.3 is 0 Å². The van der Waals surface area contributed by atoms with Crippen LogP contribution in [-0.4, -0.2) is 122 Å². The minimum absolute atomic E-state index is 0.568. The van der Waals surface area contributed by atoms with E-state index >= 15 is 0 Å². The van der Waals surface area contributed by atoms with Gasteiger partial charge in [-0.3, -0.25) is 9.97 Å². The van der Waals surface area contributed by atoms with Crippen molar-refractivity contribution in [1.29, 1.82) is 0 Å². The highest BCUT2D eigenvalue weighted by molar-refractivity contribution is 7.23. The maximum Gasteiger partial charge on any atom is 0.199 e. The summed E-state index contributed by atoms with van der Waals surface area (Å²) in [6, 6.07) is 67.4. The zero-order valence-electron chi connectivity index (χ0n) is 55.4. The Morgan fingerprint density at radius 1 is 0.364 bits per heavy atom. The van der Waals surface area contributed by atoms with E-state index in [0.717, 1.165) is 137 Å². The molecule has 0 atom stereocenters. The Morgan fingerprint density at radius 2 is 0.768 bits per heavy atom. The van der Waals surface area contributed by atoms with Gasteiger partial charge in [0.1, 0.15) is 49.1 Å². The van der Waals surface area contributed by atoms with Gasteiger partial charge in [-0.05, 0) is 95.4 Å². The first kappa shape index (κ1) is 66.6. The molecule has 0 aliphatic carbocycles. The highest BCUT2D eigenvalue weighted by Gasteiger charge is 2.27. The molecule has 10 aromatic heterocycles. The van der Waals surface area contributed by atoms with E-state index in [9.17, 15) is 0 Å². The summed E-state index contributed by atoms with van der Waals surface area (Å²) in [5, 5.41) is 13.4. The van der Waals surface area contributed by atoms with Crippen molar-refractivity contribution < 1.29 is 18.9 Å². The summed E-state index contributed by atoms with van der Waals surface area (Å²) >= 11 is 4.99. The van der Waals surface area contributed by atoms with Gasteiger partial charge in [-0.2, -0.15) is 0 Å². The van der Waals surface area contributed by atoms with Gasteiger partial charge in [0.05, 0.1) is 48.8 Å². The number of nitrogens with zero attached hydrogens (tertiary/aromatic N) is 11. The van der Waals surface area contributed by atoms with Crippen LogP contribution in [0.15, 0.2) is 225 Å². The fourth-order valence-corrected chi connectivity index (χ4v) is 14.9. The van der Waals surface area contributed by atoms with Crippen molar-refractivity contribution in [3.8, 4) is 105 Å². The maximum absolute atomic E-state index is 5.37. The first-order valence-electron chi connectivity index (χ1n) is 32.1. The molecule has 0 fully saturated rings. The topological polar surface area (TPSA) is 207 Å². The van der Waals surface area contributed by atoms with Crippen molar-refractivity contribution in [3.63, 3.8) is 0 Å². The lowest BCUT2D eigenvalue weighted by atomic mass is 9.99. The van der Waals surface area contributed by atoms with E-state index in [1.54, 1.807) is 74.8 Å². The van der Waals surface area contributed by atoms with Crippen molar-refractivity contribution in [2.75, 3.05) is 83.8 Å². The highest BCUT2D eigenvalue weighted by Crippen LogP contribution is 2.50. The van der Waals surface area contributed by atoms with Crippen molar-refractivity contribution in [3.05, 3.63) is 231 Å². The third kappa shape index (κ3) is 15.1. The van der Waals surface area contributed by atoms with E-state index in [1.807, 2.05) is 134 Å². The Labute approximate surface area is 585 Å². The molecule has 18 nitrogen and oxygen atoms in total. The molecule has 0 radical (unpaired) electrons. The number of pyridine rings is 3. The molecular weight excluding hydrogens is 1290 g/mol. The van der Waals surface area contributed by atoms with E-state index < -0.39 is 0 Å². The molecule has 0 saturated carbocycles. The number of benzene rings is 5. The monoisotopic (exact) mass is 1360 g/mol. The van der Waals surface area contributed by atoms with Gasteiger partial charge in [0.15, 0.2) is 23.3 Å². The third-order valence-electron chi connectivity index (χ3n) is 16.0. The number of nitrogens with one attached hydrogen (secondary N) is 3. The molecule has 0 spiro atoms. The van der Waals surface area contributed by atoms with Gasteiger partial charge in [-0.15, -0.1) is 34.0 Å². The molecular formula is C78H70N14O4S3. The Morgan fingerprint density at radius 3 is 1.20 bits per heavy atom. The number of ether oxygens (including phenoxy) is 4. The zero-order chi connectivity index (χ0) is 67.9. The summed E-state index contributed by atoms with van der Waals surface area (Å²) in [7, 11) is 8.70. The summed E-state index contributed by atoms with van der Waals surface area (Å²) in [6.45, 7) is 5.60. The lowest BCUT2D eigenvalue weighted by Crippen LogP contribution is -2.10. The number of hydrogen-bond donors (Lipinski definition) is 3. The highest BCUT2D eigenvalue weighted by atomic mass is 32.1. The number of fused-ring (bicyclic) bond motifs is 3. The largest absolute Gasteiger partial charge is 0.497 e. The van der Waals surface area contributed by atoms with E-state index in [4.69, 9.17) is 48.9 Å². The smallest absolute Gasteiger partial charge is 0.199 e. The Kier molecular flexibility index (Phi) is 21.4. The van der Waals surface area contributed by atoms with Gasteiger partial charge in [-0.1, -0.05) is 140 Å². The van der Waals surface area contributed by atoms with Gasteiger partial charge in [0.2, 0.25) is 0 Å². The number of methoxy groups -OCH3 is 4. The minimum Gasteiger partial charge on any atom is -0.497 e. The second-order valence-corrected chi connectivity index (χ2v) is 25.6. The van der Waals surface area contributed by atoms with Crippen LogP contribution in [-0.2, 0) is 21.3 Å². The van der Waals surface area contributed by atoms with Gasteiger partial charge < -0.3 is 39.5 Å². The average molecular weight is 1360 g/mol. The summed E-state index contributed by atoms with van der Waals surface area (Å²) in [6.07, 6.45) is 7.22. The maximum atomic E-state index is 5.37. The van der Waals surface area contributed by atoms with Crippen LogP contribution in [0.2, 0.25) is 0 Å². The second kappa shape index (κ2) is 31.9. The SMILES string of the molecule is COCCNc1nc(-c2cccc(C)n2)nc2sc(-c3ccccc3)c(-c3ccccc3)c12.COCCNc1nc(-c2ccccn2)nc2sc(-c3ccccc3)c(-c3ccccn3)c12.COCCNc1nc(-c2nccn2C)nc2sc(-c3ccc(OC)cc3)c(-c3ccccc3)c12. The molecule has 10 heterocycles. The molecule has 15 aromatic rings. The Balaban J connectivity index is 0.000000133. The van der Waals surface area contributed by atoms with Crippen LogP contribution < -0.4 is 20.7 Å².